The second-order valence-corrected chi connectivity index (χ2v) is 4.07. The van der Waals surface area contributed by atoms with Crippen LogP contribution in [-0.2, 0) is 0 Å². The van der Waals surface area contributed by atoms with E-state index < -0.39 is 5.97 Å². The Morgan fingerprint density at radius 3 is 2.47 bits per heavy atom. The van der Waals surface area contributed by atoms with Crippen LogP contribution in [0.2, 0.25) is 5.02 Å². The van der Waals surface area contributed by atoms with E-state index in [-0.39, 0.29) is 10.7 Å². The number of halogens is 1. The van der Waals surface area contributed by atoms with Gasteiger partial charge < -0.3 is 10.0 Å². The highest BCUT2D eigenvalue weighted by Gasteiger charge is 2.15. The molecule has 0 aliphatic carbocycles. The normalized spacial score (nSPS) is 10.3. The first kappa shape index (κ1) is 13.7. The highest BCUT2D eigenvalue weighted by molar-refractivity contribution is 6.33. The van der Waals surface area contributed by atoms with Crippen LogP contribution in [0.4, 0.5) is 5.95 Å². The van der Waals surface area contributed by atoms with Gasteiger partial charge in [0.15, 0.2) is 5.69 Å². The van der Waals surface area contributed by atoms with Crippen molar-refractivity contribution in [3.05, 3.63) is 16.9 Å². The summed E-state index contributed by atoms with van der Waals surface area (Å²) < 4.78 is 0. The van der Waals surface area contributed by atoms with Crippen molar-refractivity contribution in [3.8, 4) is 0 Å². The third-order valence-electron chi connectivity index (χ3n) is 2.20. The largest absolute Gasteiger partial charge is 0.476 e. The molecular formula is C11H16ClN3O2. The van der Waals surface area contributed by atoms with Crippen LogP contribution >= 0.6 is 11.6 Å². The van der Waals surface area contributed by atoms with Gasteiger partial charge in [-0.2, -0.15) is 0 Å². The summed E-state index contributed by atoms with van der Waals surface area (Å²) >= 11 is 5.73. The molecule has 0 radical (unpaired) electrons. The number of carboxylic acids is 1. The Bertz CT molecular complexity index is 392. The van der Waals surface area contributed by atoms with E-state index in [4.69, 9.17) is 16.7 Å². The van der Waals surface area contributed by atoms with E-state index in [1.165, 1.54) is 6.20 Å². The maximum Gasteiger partial charge on any atom is 0.356 e. The van der Waals surface area contributed by atoms with Crippen molar-refractivity contribution in [3.63, 3.8) is 0 Å². The molecule has 0 aliphatic heterocycles. The highest BCUT2D eigenvalue weighted by Crippen LogP contribution is 2.16. The number of rotatable bonds is 6. The summed E-state index contributed by atoms with van der Waals surface area (Å²) in [4.78, 5) is 21.0. The smallest absolute Gasteiger partial charge is 0.356 e. The molecule has 0 unspecified atom stereocenters. The number of aromatic carboxylic acids is 1. The minimum absolute atomic E-state index is 0.0641. The molecule has 0 spiro atoms. The average molecular weight is 258 g/mol. The van der Waals surface area contributed by atoms with Gasteiger partial charge in [0.1, 0.15) is 0 Å². The molecule has 0 saturated carbocycles. The summed E-state index contributed by atoms with van der Waals surface area (Å²) in [6.45, 7) is 5.70. The van der Waals surface area contributed by atoms with Crippen molar-refractivity contribution < 1.29 is 9.90 Å². The lowest BCUT2D eigenvalue weighted by atomic mass is 10.3. The van der Waals surface area contributed by atoms with E-state index in [2.05, 4.69) is 23.8 Å². The van der Waals surface area contributed by atoms with Crippen LogP contribution in [-0.4, -0.2) is 34.1 Å². The predicted octanol–water partition coefficient (Wildman–Crippen LogP) is 2.45. The molecule has 1 rings (SSSR count). The Hall–Kier alpha value is -1.36. The second-order valence-electron chi connectivity index (χ2n) is 3.66. The zero-order valence-electron chi connectivity index (χ0n) is 9.98. The Morgan fingerprint density at radius 2 is 2.00 bits per heavy atom. The molecule has 0 aromatic carbocycles. The van der Waals surface area contributed by atoms with Crippen LogP contribution in [0, 0.1) is 0 Å². The molecule has 1 heterocycles. The summed E-state index contributed by atoms with van der Waals surface area (Å²) in [6, 6.07) is 0. The summed E-state index contributed by atoms with van der Waals surface area (Å²) in [5.74, 6) is -0.706. The van der Waals surface area contributed by atoms with E-state index >= 15 is 0 Å². The molecule has 0 amide bonds. The third kappa shape index (κ3) is 3.56. The molecule has 6 heteroatoms. The van der Waals surface area contributed by atoms with Crippen LogP contribution in [0.1, 0.15) is 37.2 Å². The van der Waals surface area contributed by atoms with Gasteiger partial charge in [0.2, 0.25) is 5.95 Å². The molecule has 0 fully saturated rings. The Morgan fingerprint density at radius 1 is 1.41 bits per heavy atom. The monoisotopic (exact) mass is 257 g/mol. The fourth-order valence-corrected chi connectivity index (χ4v) is 1.68. The van der Waals surface area contributed by atoms with E-state index in [1.807, 2.05) is 4.90 Å². The van der Waals surface area contributed by atoms with Crippen molar-refractivity contribution in [2.24, 2.45) is 0 Å². The fraction of sp³-hybridized carbons (Fsp3) is 0.545. The molecule has 0 bridgehead atoms. The van der Waals surface area contributed by atoms with E-state index in [0.29, 0.717) is 5.95 Å². The van der Waals surface area contributed by atoms with E-state index in [0.717, 1.165) is 25.9 Å². The number of carbonyl (C=O) groups is 1. The van der Waals surface area contributed by atoms with Gasteiger partial charge in [0.25, 0.3) is 0 Å². The number of anilines is 1. The molecule has 0 atom stereocenters. The zero-order chi connectivity index (χ0) is 12.8. The number of nitrogens with zero attached hydrogens (tertiary/aromatic N) is 3. The van der Waals surface area contributed by atoms with Crippen molar-refractivity contribution in [1.82, 2.24) is 9.97 Å². The van der Waals surface area contributed by atoms with Crippen molar-refractivity contribution in [2.45, 2.75) is 26.7 Å². The molecule has 1 N–H and O–H groups in total. The van der Waals surface area contributed by atoms with Gasteiger partial charge in [-0.15, -0.1) is 0 Å². The molecular weight excluding hydrogens is 242 g/mol. The minimum atomic E-state index is -1.13. The fourth-order valence-electron chi connectivity index (χ4n) is 1.51. The predicted molar refractivity (Wildman–Crippen MR) is 66.8 cm³/mol. The molecule has 0 saturated heterocycles. The zero-order valence-corrected chi connectivity index (χ0v) is 10.7. The molecule has 0 aliphatic rings. The van der Waals surface area contributed by atoms with Gasteiger partial charge in [-0.3, -0.25) is 0 Å². The van der Waals surface area contributed by atoms with Crippen LogP contribution in [0.15, 0.2) is 6.20 Å². The van der Waals surface area contributed by atoms with Gasteiger partial charge in [-0.05, 0) is 12.8 Å². The lowest BCUT2D eigenvalue weighted by Crippen LogP contribution is -2.27. The first-order chi connectivity index (χ1) is 8.10. The topological polar surface area (TPSA) is 66.3 Å². The van der Waals surface area contributed by atoms with Gasteiger partial charge in [-0.25, -0.2) is 14.8 Å². The van der Waals surface area contributed by atoms with E-state index in [9.17, 15) is 4.79 Å². The van der Waals surface area contributed by atoms with Gasteiger partial charge >= 0.3 is 5.97 Å². The van der Waals surface area contributed by atoms with Gasteiger partial charge in [0, 0.05) is 13.1 Å². The van der Waals surface area contributed by atoms with Crippen LogP contribution in [0.5, 0.6) is 0 Å². The summed E-state index contributed by atoms with van der Waals surface area (Å²) in [7, 11) is 0. The van der Waals surface area contributed by atoms with Crippen molar-refractivity contribution in [1.29, 1.82) is 0 Å². The third-order valence-corrected chi connectivity index (χ3v) is 2.48. The SMILES string of the molecule is CCCN(CCC)c1ncc(Cl)c(C(=O)O)n1. The van der Waals surface area contributed by atoms with Gasteiger partial charge in [0.05, 0.1) is 11.2 Å². The summed E-state index contributed by atoms with van der Waals surface area (Å²) in [6.07, 6.45) is 3.24. The first-order valence-electron chi connectivity index (χ1n) is 5.60. The maximum atomic E-state index is 10.9. The molecule has 94 valence electrons. The van der Waals surface area contributed by atoms with Crippen LogP contribution < -0.4 is 4.90 Å². The van der Waals surface area contributed by atoms with Crippen molar-refractivity contribution >= 4 is 23.5 Å². The second kappa shape index (κ2) is 6.39. The number of hydrogen-bond acceptors (Lipinski definition) is 4. The lowest BCUT2D eigenvalue weighted by Gasteiger charge is -2.21. The number of carboxylic acid groups (broad SMARTS) is 1. The molecule has 5 nitrogen and oxygen atoms in total. The van der Waals surface area contributed by atoms with Crippen molar-refractivity contribution in [2.75, 3.05) is 18.0 Å². The average Bonchev–Trinajstić information content (AvgIpc) is 2.29. The Balaban J connectivity index is 3.03. The van der Waals surface area contributed by atoms with E-state index in [1.54, 1.807) is 0 Å². The maximum absolute atomic E-state index is 10.9. The van der Waals surface area contributed by atoms with Crippen LogP contribution in [0.25, 0.3) is 0 Å². The highest BCUT2D eigenvalue weighted by atomic mass is 35.5. The number of aromatic nitrogens is 2. The summed E-state index contributed by atoms with van der Waals surface area (Å²) in [5.41, 5.74) is -0.145. The summed E-state index contributed by atoms with van der Waals surface area (Å²) in [5, 5.41) is 9.00. The molecule has 17 heavy (non-hydrogen) atoms. The Labute approximate surface area is 105 Å². The molecule has 1 aromatic rings. The minimum Gasteiger partial charge on any atom is -0.476 e. The standard InChI is InChI=1S/C11H16ClN3O2/c1-3-5-15(6-4-2)11-13-7-8(12)9(14-11)10(16)17/h7H,3-6H2,1-2H3,(H,16,17). The lowest BCUT2D eigenvalue weighted by molar-refractivity contribution is 0.0690. The quantitative estimate of drug-likeness (QED) is 0.848. The van der Waals surface area contributed by atoms with Crippen LogP contribution in [0.3, 0.4) is 0 Å². The first-order valence-corrected chi connectivity index (χ1v) is 5.98. The molecule has 1 aromatic heterocycles. The Kier molecular flexibility index (Phi) is 5.15. The number of hydrogen-bond donors (Lipinski definition) is 1. The van der Waals surface area contributed by atoms with Gasteiger partial charge in [-0.1, -0.05) is 25.4 Å².